The van der Waals surface area contributed by atoms with Crippen molar-refractivity contribution in [1.29, 1.82) is 0 Å². The summed E-state index contributed by atoms with van der Waals surface area (Å²) in [6.07, 6.45) is 11.6. The highest BCUT2D eigenvalue weighted by Gasteiger charge is 2.33. The number of hydrogen-bond donors (Lipinski definition) is 7. The molecule has 0 atom stereocenters. The molecule has 0 aliphatic carbocycles. The van der Waals surface area contributed by atoms with Crippen molar-refractivity contribution < 1.29 is 76.3 Å². The summed E-state index contributed by atoms with van der Waals surface area (Å²) < 4.78 is 53.9. The van der Waals surface area contributed by atoms with Gasteiger partial charge in [0, 0.05) is 162 Å². The van der Waals surface area contributed by atoms with Crippen LogP contribution in [0.5, 0.6) is 0 Å². The largest absolute Gasteiger partial charge is 0.380 e. The van der Waals surface area contributed by atoms with Crippen molar-refractivity contribution in [2.75, 3.05) is 153 Å². The number of rotatable bonds is 58. The minimum Gasteiger partial charge on any atom is -0.380 e. The van der Waals surface area contributed by atoms with E-state index in [2.05, 4.69) is 78.5 Å². The maximum absolute atomic E-state index is 12.9. The van der Waals surface area contributed by atoms with Crippen LogP contribution in [0.3, 0.4) is 0 Å². The van der Waals surface area contributed by atoms with Gasteiger partial charge in [-0.05, 0) is 12.8 Å². The molecule has 4 heterocycles. The molecule has 0 radical (unpaired) electrons. The Morgan fingerprint density at radius 3 is 0.936 bits per heavy atom. The molecule has 0 fully saturated rings. The Hall–Kier alpha value is -7.80. The van der Waals surface area contributed by atoms with Crippen LogP contribution >= 0.6 is 0 Å². The standard InChI is InChI=1S/C59H99N19O16/c1-5-51(79)11-7-47-40-76(72-67-47)24-36-88-33-20-64-56(84)16-29-92-44-59(45-93-30-17-57(85)65-21-34-89-37-25-77-41-49(69-73-77)9-13-53(81)61-3,46-94-31-18-58(86)66-22-35-90-38-26-78-42-50(70-74-78)10-14-54(82)62-4)43-91-28-15-55(83)63-19-32-87-27-6-23-75-39-48(68-71-75)8-12-52(80)60-2/h39-42H,5-38,43-46H2,1-4H3,(H,60,80)(H,61,81)(H,62,82)(H,63,83)(H,64,84)(H,65,85)(H,66,86). The lowest BCUT2D eigenvalue weighted by molar-refractivity contribution is -0.130. The van der Waals surface area contributed by atoms with E-state index in [0.717, 1.165) is 11.4 Å². The van der Waals surface area contributed by atoms with Gasteiger partial charge in [0.1, 0.15) is 5.78 Å². The summed E-state index contributed by atoms with van der Waals surface area (Å²) >= 11 is 0. The number of aromatic nitrogens is 12. The van der Waals surface area contributed by atoms with Crippen LogP contribution in [0.25, 0.3) is 0 Å². The molecule has 0 spiro atoms. The maximum atomic E-state index is 12.9. The Bertz CT molecular complexity index is 2580. The molecule has 0 aliphatic rings. The van der Waals surface area contributed by atoms with Crippen LogP contribution < -0.4 is 37.2 Å². The van der Waals surface area contributed by atoms with Gasteiger partial charge in [-0.1, -0.05) is 27.8 Å². The molecule has 526 valence electrons. The van der Waals surface area contributed by atoms with Crippen LogP contribution in [0, 0.1) is 5.41 Å². The molecular formula is C59H99N19O16. The molecule has 4 aromatic heterocycles. The van der Waals surface area contributed by atoms with Crippen molar-refractivity contribution in [2.24, 2.45) is 5.41 Å². The number of nitrogens with zero attached hydrogens (tertiary/aromatic N) is 12. The van der Waals surface area contributed by atoms with Gasteiger partial charge in [0.25, 0.3) is 0 Å². The van der Waals surface area contributed by atoms with Gasteiger partial charge in [-0.25, -0.2) is 14.0 Å². The summed E-state index contributed by atoms with van der Waals surface area (Å²) in [7, 11) is 4.74. The highest BCUT2D eigenvalue weighted by atomic mass is 16.5. The summed E-state index contributed by atoms with van der Waals surface area (Å²) in [5.41, 5.74) is 1.79. The van der Waals surface area contributed by atoms with Crippen molar-refractivity contribution in [3.8, 4) is 0 Å². The number of ketones is 1. The van der Waals surface area contributed by atoms with E-state index < -0.39 is 5.41 Å². The van der Waals surface area contributed by atoms with Gasteiger partial charge < -0.3 is 75.1 Å². The Labute approximate surface area is 547 Å². The van der Waals surface area contributed by atoms with E-state index in [1.54, 1.807) is 64.7 Å². The molecule has 7 N–H and O–H groups in total. The van der Waals surface area contributed by atoms with E-state index >= 15 is 0 Å². The van der Waals surface area contributed by atoms with Gasteiger partial charge in [-0.3, -0.25) is 43.0 Å². The van der Waals surface area contributed by atoms with E-state index in [0.29, 0.717) is 128 Å². The molecule has 35 nitrogen and oxygen atoms in total. The van der Waals surface area contributed by atoms with E-state index in [9.17, 15) is 38.4 Å². The number of amides is 7. The number of carbonyl (C=O) groups is 8. The molecular weight excluding hydrogens is 1230 g/mol. The normalized spacial score (nSPS) is 11.4. The van der Waals surface area contributed by atoms with Gasteiger partial charge in [0.05, 0.1) is 147 Å². The number of Topliss-reactive ketones (excluding diaryl/α,β-unsaturated/α-hetero) is 1. The molecule has 4 aromatic rings. The van der Waals surface area contributed by atoms with Gasteiger partial charge in [-0.2, -0.15) is 0 Å². The van der Waals surface area contributed by atoms with Gasteiger partial charge >= 0.3 is 0 Å². The topological polar surface area (TPSA) is 417 Å². The molecule has 0 unspecified atom stereocenters. The second-order valence-electron chi connectivity index (χ2n) is 21.7. The molecule has 0 saturated carbocycles. The predicted octanol–water partition coefficient (Wildman–Crippen LogP) is -2.36. The summed E-state index contributed by atoms with van der Waals surface area (Å²) in [6, 6.07) is 0. The number of hydrogen-bond acceptors (Lipinski definition) is 24. The van der Waals surface area contributed by atoms with Gasteiger partial charge in [0.15, 0.2) is 0 Å². The highest BCUT2D eigenvalue weighted by molar-refractivity contribution is 5.79. The highest BCUT2D eigenvalue weighted by Crippen LogP contribution is 2.22. The second-order valence-corrected chi connectivity index (χ2v) is 21.7. The maximum Gasteiger partial charge on any atom is 0.222 e. The van der Waals surface area contributed by atoms with Crippen molar-refractivity contribution in [1.82, 2.24) is 97.2 Å². The first-order valence-electron chi connectivity index (χ1n) is 32.1. The summed E-state index contributed by atoms with van der Waals surface area (Å²) in [5.74, 6) is -1.18. The number of nitrogens with one attached hydrogen (secondary N) is 7. The smallest absolute Gasteiger partial charge is 0.222 e. The van der Waals surface area contributed by atoms with E-state index in [1.807, 2.05) is 6.92 Å². The van der Waals surface area contributed by atoms with Crippen LogP contribution in [0.4, 0.5) is 0 Å². The monoisotopic (exact) mass is 1330 g/mol. The zero-order valence-corrected chi connectivity index (χ0v) is 55.1. The average Bonchev–Trinajstić information content (AvgIpc) is 1.87. The SMILES string of the molecule is CCC(=O)CCc1cn(CCOCCNC(=O)CCOCC(COCCC(=O)NCCOCCCn2cc(CCC(=O)NC)nn2)(COCCC(=O)NCCOCCn2cc(CCC(=O)NC)nn2)COCCC(=O)NCCOCCn2cc(CCC(=O)NC)nn2)nn1. The fourth-order valence-corrected chi connectivity index (χ4v) is 8.47. The zero-order valence-electron chi connectivity index (χ0n) is 55.1. The molecule has 35 heteroatoms. The number of ether oxygens (including phenoxy) is 8. The molecule has 4 rings (SSSR count). The lowest BCUT2D eigenvalue weighted by Gasteiger charge is -2.33. The van der Waals surface area contributed by atoms with Gasteiger partial charge in [0.2, 0.25) is 41.4 Å². The zero-order chi connectivity index (χ0) is 67.7. The van der Waals surface area contributed by atoms with Gasteiger partial charge in [-0.15, -0.1) is 20.4 Å². The third-order valence-electron chi connectivity index (χ3n) is 13.9. The van der Waals surface area contributed by atoms with Crippen molar-refractivity contribution in [3.63, 3.8) is 0 Å². The Morgan fingerprint density at radius 2 is 0.638 bits per heavy atom. The number of aryl methyl sites for hydroxylation is 5. The summed E-state index contributed by atoms with van der Waals surface area (Å²) in [4.78, 5) is 98.1. The molecule has 0 aromatic carbocycles. The van der Waals surface area contributed by atoms with E-state index in [4.69, 9.17) is 37.9 Å². The first kappa shape index (κ1) is 78.6. The van der Waals surface area contributed by atoms with Crippen molar-refractivity contribution in [3.05, 3.63) is 47.6 Å². The lowest BCUT2D eigenvalue weighted by Crippen LogP contribution is -2.43. The van der Waals surface area contributed by atoms with Crippen molar-refractivity contribution in [2.45, 2.75) is 123 Å². The average molecular weight is 1330 g/mol. The minimum atomic E-state index is -1.05. The van der Waals surface area contributed by atoms with E-state index in [-0.39, 0.29) is 178 Å². The third kappa shape index (κ3) is 37.2. The molecule has 0 aliphatic heterocycles. The van der Waals surface area contributed by atoms with Crippen LogP contribution in [0.15, 0.2) is 24.8 Å². The van der Waals surface area contributed by atoms with Crippen LogP contribution in [0.2, 0.25) is 0 Å². The molecule has 0 bridgehead atoms. The fourth-order valence-electron chi connectivity index (χ4n) is 8.47. The molecule has 0 saturated heterocycles. The summed E-state index contributed by atoms with van der Waals surface area (Å²) in [6.45, 7) is 7.02. The first-order valence-corrected chi connectivity index (χ1v) is 32.1. The third-order valence-corrected chi connectivity index (χ3v) is 13.9. The van der Waals surface area contributed by atoms with Crippen molar-refractivity contribution >= 4 is 47.1 Å². The fraction of sp³-hybridized carbons (Fsp3) is 0.729. The molecule has 7 amide bonds. The Kier molecular flexibility index (Phi) is 40.9. The molecule has 94 heavy (non-hydrogen) atoms. The van der Waals surface area contributed by atoms with Crippen LogP contribution in [-0.2, 0) is 128 Å². The minimum absolute atomic E-state index is 0.00368. The summed E-state index contributed by atoms with van der Waals surface area (Å²) in [5, 5.41) is 51.8. The Balaban J connectivity index is 1.27. The predicted molar refractivity (Wildman–Crippen MR) is 335 cm³/mol. The lowest BCUT2D eigenvalue weighted by atomic mass is 9.92. The second kappa shape index (κ2) is 48.8. The van der Waals surface area contributed by atoms with Crippen LogP contribution in [-0.4, -0.2) is 260 Å². The van der Waals surface area contributed by atoms with Crippen LogP contribution in [0.1, 0.15) is 93.9 Å². The number of carbonyl (C=O) groups excluding carboxylic acids is 8. The Morgan fingerprint density at radius 1 is 0.351 bits per heavy atom. The van der Waals surface area contributed by atoms with E-state index in [1.165, 1.54) is 0 Å². The first-order chi connectivity index (χ1) is 45.7. The quantitative estimate of drug-likeness (QED) is 0.0227.